The molecular weight excluding hydrogens is 278 g/mol. The van der Waals surface area contributed by atoms with Crippen molar-refractivity contribution in [3.8, 4) is 0 Å². The van der Waals surface area contributed by atoms with Crippen LogP contribution in [0.1, 0.15) is 21.7 Å². The van der Waals surface area contributed by atoms with Crippen LogP contribution in [0.3, 0.4) is 0 Å². The summed E-state index contributed by atoms with van der Waals surface area (Å²) in [5, 5.41) is 14.3. The molecule has 0 spiro atoms. The number of H-pyrrole nitrogens is 1. The molecule has 0 fully saturated rings. The zero-order valence-corrected chi connectivity index (χ0v) is 11.9. The fourth-order valence-electron chi connectivity index (χ4n) is 2.80. The standard InChI is InChI=1S/C16H15N5O/c22-16(15-11-9-17-8-6-12(11)20-21-15)19-13-5-1-3-10-4-2-7-18-14(10)13/h1-5,7,17H,6,8-9H2,(H,19,22)(H,20,21). The van der Waals surface area contributed by atoms with Crippen molar-refractivity contribution in [3.63, 3.8) is 0 Å². The van der Waals surface area contributed by atoms with E-state index in [1.165, 1.54) is 0 Å². The van der Waals surface area contributed by atoms with Gasteiger partial charge < -0.3 is 10.6 Å². The van der Waals surface area contributed by atoms with E-state index in [2.05, 4.69) is 25.8 Å². The first kappa shape index (κ1) is 13.0. The Morgan fingerprint density at radius 3 is 3.09 bits per heavy atom. The summed E-state index contributed by atoms with van der Waals surface area (Å²) in [6.45, 7) is 1.58. The Morgan fingerprint density at radius 2 is 2.14 bits per heavy atom. The quantitative estimate of drug-likeness (QED) is 0.673. The lowest BCUT2D eigenvalue weighted by atomic mass is 10.1. The lowest BCUT2D eigenvalue weighted by Gasteiger charge is -2.13. The van der Waals surface area contributed by atoms with E-state index < -0.39 is 0 Å². The maximum absolute atomic E-state index is 12.5. The Balaban J connectivity index is 1.68. The van der Waals surface area contributed by atoms with Gasteiger partial charge in [0, 0.05) is 42.4 Å². The molecular formula is C16H15N5O. The van der Waals surface area contributed by atoms with Crippen LogP contribution in [0.25, 0.3) is 10.9 Å². The third-order valence-electron chi connectivity index (χ3n) is 3.90. The number of rotatable bonds is 2. The van der Waals surface area contributed by atoms with Crippen molar-refractivity contribution in [1.29, 1.82) is 0 Å². The summed E-state index contributed by atoms with van der Waals surface area (Å²) in [6.07, 6.45) is 2.59. The number of aromatic amines is 1. The fourth-order valence-corrected chi connectivity index (χ4v) is 2.80. The largest absolute Gasteiger partial charge is 0.319 e. The first-order valence-corrected chi connectivity index (χ1v) is 7.25. The van der Waals surface area contributed by atoms with Gasteiger partial charge in [-0.1, -0.05) is 18.2 Å². The highest BCUT2D eigenvalue weighted by Gasteiger charge is 2.22. The molecule has 0 radical (unpaired) electrons. The van der Waals surface area contributed by atoms with Crippen LogP contribution in [0.2, 0.25) is 0 Å². The second-order valence-electron chi connectivity index (χ2n) is 5.29. The highest BCUT2D eigenvalue weighted by atomic mass is 16.2. The highest BCUT2D eigenvalue weighted by molar-refractivity contribution is 6.08. The van der Waals surface area contributed by atoms with Crippen LogP contribution in [-0.2, 0) is 13.0 Å². The average molecular weight is 293 g/mol. The van der Waals surface area contributed by atoms with Crippen molar-refractivity contribution in [3.05, 3.63) is 53.5 Å². The number of fused-ring (bicyclic) bond motifs is 2. The molecule has 1 aliphatic rings. The smallest absolute Gasteiger partial charge is 0.276 e. The summed E-state index contributed by atoms with van der Waals surface area (Å²) in [4.78, 5) is 16.9. The van der Waals surface area contributed by atoms with Gasteiger partial charge in [-0.05, 0) is 12.1 Å². The number of nitrogens with zero attached hydrogens (tertiary/aromatic N) is 2. The lowest BCUT2D eigenvalue weighted by Crippen LogP contribution is -2.25. The molecule has 0 aliphatic carbocycles. The number of pyridine rings is 1. The molecule has 1 aromatic carbocycles. The molecule has 0 saturated carbocycles. The van der Waals surface area contributed by atoms with Gasteiger partial charge in [0.1, 0.15) is 0 Å². The Hall–Kier alpha value is -2.73. The molecule has 22 heavy (non-hydrogen) atoms. The number of nitrogens with one attached hydrogen (secondary N) is 3. The van der Waals surface area contributed by atoms with Crippen LogP contribution >= 0.6 is 0 Å². The number of benzene rings is 1. The maximum atomic E-state index is 12.5. The van der Waals surface area contributed by atoms with E-state index in [1.54, 1.807) is 6.20 Å². The van der Waals surface area contributed by atoms with Crippen molar-refractivity contribution in [2.24, 2.45) is 0 Å². The summed E-state index contributed by atoms with van der Waals surface area (Å²) in [5.41, 5.74) is 3.93. The molecule has 3 N–H and O–H groups in total. The third kappa shape index (κ3) is 2.14. The molecule has 1 amide bonds. The molecule has 2 aromatic heterocycles. The van der Waals surface area contributed by atoms with Crippen molar-refractivity contribution < 1.29 is 4.79 Å². The van der Waals surface area contributed by atoms with Crippen LogP contribution < -0.4 is 10.6 Å². The predicted molar refractivity (Wildman–Crippen MR) is 83.7 cm³/mol. The molecule has 0 bridgehead atoms. The Morgan fingerprint density at radius 1 is 1.23 bits per heavy atom. The number of carbonyl (C=O) groups excluding carboxylic acids is 1. The molecule has 3 heterocycles. The summed E-state index contributed by atoms with van der Waals surface area (Å²) >= 11 is 0. The number of aromatic nitrogens is 3. The summed E-state index contributed by atoms with van der Waals surface area (Å²) in [7, 11) is 0. The van der Waals surface area contributed by atoms with Gasteiger partial charge in [0.05, 0.1) is 11.2 Å². The number of amides is 1. The zero-order chi connectivity index (χ0) is 14.9. The second-order valence-corrected chi connectivity index (χ2v) is 5.29. The van der Waals surface area contributed by atoms with E-state index >= 15 is 0 Å². The lowest BCUT2D eigenvalue weighted by molar-refractivity contribution is 0.102. The highest BCUT2D eigenvalue weighted by Crippen LogP contribution is 2.22. The normalized spacial score (nSPS) is 13.8. The van der Waals surface area contributed by atoms with Crippen molar-refractivity contribution in [2.45, 2.75) is 13.0 Å². The molecule has 3 aromatic rings. The number of anilines is 1. The van der Waals surface area contributed by atoms with Crippen LogP contribution in [0.5, 0.6) is 0 Å². The molecule has 6 heteroatoms. The minimum atomic E-state index is -0.209. The van der Waals surface area contributed by atoms with Crippen molar-refractivity contribution >= 4 is 22.5 Å². The van der Waals surface area contributed by atoms with Crippen molar-refractivity contribution in [1.82, 2.24) is 20.5 Å². The van der Waals surface area contributed by atoms with E-state index in [9.17, 15) is 4.79 Å². The molecule has 110 valence electrons. The monoisotopic (exact) mass is 293 g/mol. The molecule has 4 rings (SSSR count). The number of hydrogen-bond acceptors (Lipinski definition) is 4. The van der Waals surface area contributed by atoms with Gasteiger partial charge in [-0.15, -0.1) is 0 Å². The van der Waals surface area contributed by atoms with Crippen LogP contribution in [0, 0.1) is 0 Å². The first-order valence-electron chi connectivity index (χ1n) is 7.25. The van der Waals surface area contributed by atoms with Gasteiger partial charge in [0.25, 0.3) is 5.91 Å². The van der Waals surface area contributed by atoms with Crippen molar-refractivity contribution in [2.75, 3.05) is 11.9 Å². The molecule has 0 atom stereocenters. The maximum Gasteiger partial charge on any atom is 0.276 e. The van der Waals surface area contributed by atoms with E-state index in [-0.39, 0.29) is 5.91 Å². The van der Waals surface area contributed by atoms with E-state index in [0.29, 0.717) is 17.9 Å². The van der Waals surface area contributed by atoms with E-state index in [0.717, 1.165) is 35.1 Å². The van der Waals surface area contributed by atoms with Gasteiger partial charge in [0.2, 0.25) is 0 Å². The topological polar surface area (TPSA) is 82.7 Å². The molecule has 6 nitrogen and oxygen atoms in total. The third-order valence-corrected chi connectivity index (χ3v) is 3.90. The van der Waals surface area contributed by atoms with Gasteiger partial charge in [-0.25, -0.2) is 0 Å². The minimum Gasteiger partial charge on any atom is -0.319 e. The van der Waals surface area contributed by atoms with E-state index in [1.807, 2.05) is 30.3 Å². The van der Waals surface area contributed by atoms with Gasteiger partial charge in [-0.2, -0.15) is 5.10 Å². The predicted octanol–water partition coefficient (Wildman–Crippen LogP) is 1.86. The second kappa shape index (κ2) is 5.23. The fraction of sp³-hybridized carbons (Fsp3) is 0.188. The van der Waals surface area contributed by atoms with Crippen LogP contribution in [-0.4, -0.2) is 27.6 Å². The average Bonchev–Trinajstić information content (AvgIpc) is 2.99. The number of hydrogen-bond donors (Lipinski definition) is 3. The van der Waals surface area contributed by atoms with Crippen LogP contribution in [0.15, 0.2) is 36.5 Å². The van der Waals surface area contributed by atoms with Gasteiger partial charge >= 0.3 is 0 Å². The SMILES string of the molecule is O=C(Nc1cccc2cccnc12)c1n[nH]c2c1CNCC2. The number of para-hydroxylation sites is 1. The minimum absolute atomic E-state index is 0.209. The Kier molecular flexibility index (Phi) is 3.08. The van der Waals surface area contributed by atoms with Gasteiger partial charge in [-0.3, -0.25) is 14.9 Å². The number of carbonyl (C=O) groups is 1. The first-order chi connectivity index (χ1) is 10.8. The molecule has 1 aliphatic heterocycles. The van der Waals surface area contributed by atoms with Gasteiger partial charge in [0.15, 0.2) is 5.69 Å². The summed E-state index contributed by atoms with van der Waals surface area (Å²) in [6, 6.07) is 9.58. The summed E-state index contributed by atoms with van der Waals surface area (Å²) in [5.74, 6) is -0.209. The molecule has 0 unspecified atom stereocenters. The summed E-state index contributed by atoms with van der Waals surface area (Å²) < 4.78 is 0. The Bertz CT molecular complexity index is 849. The zero-order valence-electron chi connectivity index (χ0n) is 11.9. The van der Waals surface area contributed by atoms with Crippen LogP contribution in [0.4, 0.5) is 5.69 Å². The molecule has 0 saturated heterocycles. The van der Waals surface area contributed by atoms with E-state index in [4.69, 9.17) is 0 Å². The Labute approximate surface area is 127 Å².